The largest absolute Gasteiger partial charge is 0.467 e. The fraction of sp³-hybridized carbons (Fsp3) is 0.100. The number of nitrogens with zero attached hydrogens (tertiary/aromatic N) is 6. The third kappa shape index (κ3) is 1.59. The van der Waals surface area contributed by atoms with E-state index in [1.807, 2.05) is 24.3 Å². The molecular formula is C10H9N7O. The van der Waals surface area contributed by atoms with Crippen LogP contribution in [-0.2, 0) is 0 Å². The molecule has 0 aliphatic carbocycles. The average molecular weight is 243 g/mol. The van der Waals surface area contributed by atoms with Gasteiger partial charge in [0.2, 0.25) is 5.95 Å². The Morgan fingerprint density at radius 1 is 1.17 bits per heavy atom. The van der Waals surface area contributed by atoms with E-state index in [4.69, 9.17) is 10.5 Å². The molecule has 0 saturated carbocycles. The molecule has 0 unspecified atom stereocenters. The summed E-state index contributed by atoms with van der Waals surface area (Å²) in [5, 5.41) is 8.00. The molecule has 0 atom stereocenters. The van der Waals surface area contributed by atoms with Crippen molar-refractivity contribution in [3.05, 3.63) is 24.3 Å². The van der Waals surface area contributed by atoms with Gasteiger partial charge in [-0.2, -0.15) is 19.6 Å². The molecule has 3 rings (SSSR count). The van der Waals surface area contributed by atoms with Crippen LogP contribution in [0.25, 0.3) is 17.0 Å². The quantitative estimate of drug-likeness (QED) is 0.685. The molecule has 2 N–H and O–H groups in total. The molecule has 0 fully saturated rings. The molecule has 90 valence electrons. The van der Waals surface area contributed by atoms with Crippen molar-refractivity contribution in [3.8, 4) is 12.0 Å². The third-order valence-corrected chi connectivity index (χ3v) is 2.34. The normalized spacial score (nSPS) is 10.7. The highest BCUT2D eigenvalue weighted by atomic mass is 16.5. The van der Waals surface area contributed by atoms with Crippen LogP contribution < -0.4 is 10.5 Å². The highest BCUT2D eigenvalue weighted by Crippen LogP contribution is 2.14. The van der Waals surface area contributed by atoms with E-state index in [-0.39, 0.29) is 17.9 Å². The van der Waals surface area contributed by atoms with Gasteiger partial charge in [-0.15, -0.1) is 5.10 Å². The van der Waals surface area contributed by atoms with Crippen LogP contribution in [0.1, 0.15) is 0 Å². The van der Waals surface area contributed by atoms with Gasteiger partial charge in [-0.05, 0) is 12.1 Å². The van der Waals surface area contributed by atoms with Gasteiger partial charge in [0.25, 0.3) is 5.95 Å². The number of benzene rings is 1. The van der Waals surface area contributed by atoms with E-state index in [1.165, 1.54) is 11.8 Å². The molecule has 2 aromatic heterocycles. The summed E-state index contributed by atoms with van der Waals surface area (Å²) in [7, 11) is 1.46. The number of nitrogen functional groups attached to an aromatic ring is 1. The topological polar surface area (TPSA) is 105 Å². The van der Waals surface area contributed by atoms with Crippen LogP contribution in [0, 0.1) is 0 Å². The van der Waals surface area contributed by atoms with Crippen LogP contribution in [0.4, 0.5) is 5.95 Å². The van der Waals surface area contributed by atoms with Crippen molar-refractivity contribution >= 4 is 17.0 Å². The second-order valence-electron chi connectivity index (χ2n) is 3.47. The summed E-state index contributed by atoms with van der Waals surface area (Å²) in [5.41, 5.74) is 7.11. The predicted molar refractivity (Wildman–Crippen MR) is 63.2 cm³/mol. The lowest BCUT2D eigenvalue weighted by molar-refractivity contribution is 0.377. The minimum Gasteiger partial charge on any atom is -0.467 e. The zero-order valence-corrected chi connectivity index (χ0v) is 9.48. The van der Waals surface area contributed by atoms with Crippen LogP contribution in [0.5, 0.6) is 6.01 Å². The Labute approximate surface area is 101 Å². The van der Waals surface area contributed by atoms with Gasteiger partial charge < -0.3 is 10.5 Å². The second kappa shape index (κ2) is 3.91. The average Bonchev–Trinajstić information content (AvgIpc) is 2.81. The molecule has 8 heteroatoms. The molecule has 1 aromatic carbocycles. The van der Waals surface area contributed by atoms with Crippen molar-refractivity contribution in [2.24, 2.45) is 0 Å². The summed E-state index contributed by atoms with van der Waals surface area (Å²) < 4.78 is 6.42. The highest BCUT2D eigenvalue weighted by Gasteiger charge is 2.11. The van der Waals surface area contributed by atoms with E-state index in [0.717, 1.165) is 11.0 Å². The molecule has 0 radical (unpaired) electrons. The van der Waals surface area contributed by atoms with Crippen molar-refractivity contribution in [2.75, 3.05) is 12.8 Å². The fourth-order valence-electron chi connectivity index (χ4n) is 1.56. The lowest BCUT2D eigenvalue weighted by Crippen LogP contribution is -2.08. The molecule has 0 bridgehead atoms. The number of methoxy groups -OCH3 is 1. The first kappa shape index (κ1) is 10.4. The van der Waals surface area contributed by atoms with Gasteiger partial charge in [-0.3, -0.25) is 0 Å². The molecule has 0 spiro atoms. The van der Waals surface area contributed by atoms with Crippen LogP contribution >= 0.6 is 0 Å². The van der Waals surface area contributed by atoms with Crippen LogP contribution in [0.2, 0.25) is 0 Å². The van der Waals surface area contributed by atoms with Crippen molar-refractivity contribution in [3.63, 3.8) is 0 Å². The molecule has 2 heterocycles. The van der Waals surface area contributed by atoms with E-state index >= 15 is 0 Å². The molecule has 0 aliphatic rings. The zero-order valence-electron chi connectivity index (χ0n) is 9.48. The van der Waals surface area contributed by atoms with E-state index in [9.17, 15) is 0 Å². The number of aromatic nitrogens is 6. The number of anilines is 1. The Morgan fingerprint density at radius 3 is 2.83 bits per heavy atom. The van der Waals surface area contributed by atoms with Crippen molar-refractivity contribution in [2.45, 2.75) is 0 Å². The molecule has 0 aliphatic heterocycles. The smallest absolute Gasteiger partial charge is 0.322 e. The second-order valence-corrected chi connectivity index (χ2v) is 3.47. The number of hydrogen-bond donors (Lipinski definition) is 1. The zero-order chi connectivity index (χ0) is 12.5. The lowest BCUT2D eigenvalue weighted by Gasteiger charge is -2.03. The number of nitrogens with two attached hydrogens (primary N) is 1. The van der Waals surface area contributed by atoms with Crippen LogP contribution in [-0.4, -0.2) is 37.1 Å². The maximum absolute atomic E-state index is 5.58. The molecule has 3 aromatic rings. The Kier molecular flexibility index (Phi) is 2.26. The van der Waals surface area contributed by atoms with Crippen molar-refractivity contribution in [1.82, 2.24) is 29.9 Å². The first-order valence-corrected chi connectivity index (χ1v) is 5.14. The van der Waals surface area contributed by atoms with Crippen molar-refractivity contribution < 1.29 is 4.74 Å². The van der Waals surface area contributed by atoms with Gasteiger partial charge in [0, 0.05) is 0 Å². The number of hydrogen-bond acceptors (Lipinski definition) is 7. The number of rotatable bonds is 2. The Balaban J connectivity index is 2.22. The highest BCUT2D eigenvalue weighted by molar-refractivity contribution is 5.75. The maximum atomic E-state index is 5.58. The van der Waals surface area contributed by atoms with Crippen LogP contribution in [0.15, 0.2) is 24.3 Å². The number of fused-ring (bicyclic) bond motifs is 1. The lowest BCUT2D eigenvalue weighted by atomic mass is 10.3. The molecular weight excluding hydrogens is 234 g/mol. The first-order valence-electron chi connectivity index (χ1n) is 5.14. The van der Waals surface area contributed by atoms with Gasteiger partial charge in [0.05, 0.1) is 12.6 Å². The summed E-state index contributed by atoms with van der Waals surface area (Å²) in [6, 6.07) is 7.60. The van der Waals surface area contributed by atoms with Gasteiger partial charge in [0.1, 0.15) is 5.52 Å². The fourth-order valence-corrected chi connectivity index (χ4v) is 1.56. The maximum Gasteiger partial charge on any atom is 0.322 e. The predicted octanol–water partition coefficient (Wildman–Crippen LogP) is 0.196. The third-order valence-electron chi connectivity index (χ3n) is 2.34. The standard InChI is InChI=1S/C10H9N7O/c1-18-10-13-8(11)12-9(14-10)17-7-5-3-2-4-6(7)15-16-17/h2-5H,1H3,(H2,11,12,13,14). The Morgan fingerprint density at radius 2 is 2.00 bits per heavy atom. The Hall–Kier alpha value is -2.77. The van der Waals surface area contributed by atoms with Crippen LogP contribution in [0.3, 0.4) is 0 Å². The summed E-state index contributed by atoms with van der Waals surface area (Å²) in [6.45, 7) is 0. The summed E-state index contributed by atoms with van der Waals surface area (Å²) >= 11 is 0. The molecule has 0 saturated heterocycles. The minimum atomic E-state index is 0.0661. The molecule has 18 heavy (non-hydrogen) atoms. The number of ether oxygens (including phenoxy) is 1. The summed E-state index contributed by atoms with van der Waals surface area (Å²) in [4.78, 5) is 11.9. The van der Waals surface area contributed by atoms with Gasteiger partial charge >= 0.3 is 6.01 Å². The molecule has 8 nitrogen and oxygen atoms in total. The van der Waals surface area contributed by atoms with Gasteiger partial charge in [-0.1, -0.05) is 17.3 Å². The van der Waals surface area contributed by atoms with Crippen molar-refractivity contribution in [1.29, 1.82) is 0 Å². The van der Waals surface area contributed by atoms with E-state index in [1.54, 1.807) is 0 Å². The Bertz CT molecular complexity index is 708. The summed E-state index contributed by atoms with van der Waals surface area (Å²) in [5.74, 6) is 0.337. The SMILES string of the molecule is COc1nc(N)nc(-n2nnc3ccccc32)n1. The summed E-state index contributed by atoms with van der Waals surface area (Å²) in [6.07, 6.45) is 0. The minimum absolute atomic E-state index is 0.0661. The monoisotopic (exact) mass is 243 g/mol. The number of para-hydroxylation sites is 1. The van der Waals surface area contributed by atoms with Gasteiger partial charge in [-0.25, -0.2) is 0 Å². The van der Waals surface area contributed by atoms with E-state index in [0.29, 0.717) is 0 Å². The van der Waals surface area contributed by atoms with E-state index < -0.39 is 0 Å². The van der Waals surface area contributed by atoms with E-state index in [2.05, 4.69) is 25.3 Å². The molecule has 0 amide bonds. The first-order chi connectivity index (χ1) is 8.78. The van der Waals surface area contributed by atoms with Gasteiger partial charge in [0.15, 0.2) is 0 Å².